The number of aliphatic hydroxyl groups excluding tert-OH is 1. The van der Waals surface area contributed by atoms with Gasteiger partial charge in [-0.25, -0.2) is 4.79 Å². The monoisotopic (exact) mass is 574 g/mol. The van der Waals surface area contributed by atoms with E-state index in [0.29, 0.717) is 0 Å². The second-order valence-electron chi connectivity index (χ2n) is 7.20. The second-order valence-corrected chi connectivity index (χ2v) is 8.96. The quantitative estimate of drug-likeness (QED) is 0.132. The number of rotatable bonds is 13. The van der Waals surface area contributed by atoms with Crippen LogP contribution < -0.4 is 21.3 Å². The van der Waals surface area contributed by atoms with E-state index >= 15 is 0 Å². The van der Waals surface area contributed by atoms with Gasteiger partial charge in [-0.05, 0) is 24.1 Å². The molecule has 6 N–H and O–H groups in total. The van der Waals surface area contributed by atoms with Crippen molar-refractivity contribution in [2.75, 3.05) is 29.6 Å². The van der Waals surface area contributed by atoms with Crippen molar-refractivity contribution in [2.45, 2.75) is 31.8 Å². The van der Waals surface area contributed by atoms with E-state index in [1.165, 1.54) is 19.1 Å². The van der Waals surface area contributed by atoms with Crippen molar-refractivity contribution in [3.63, 3.8) is 0 Å². The molecule has 0 aliphatic heterocycles. The van der Waals surface area contributed by atoms with E-state index in [9.17, 15) is 33.9 Å². The van der Waals surface area contributed by atoms with Crippen LogP contribution in [0, 0.1) is 0 Å². The Morgan fingerprint density at radius 2 is 1.69 bits per heavy atom. The topological polar surface area (TPSA) is 191 Å². The molecular formula is C21H27BrN4O8S. The highest BCUT2D eigenvalue weighted by molar-refractivity contribution is 9.09. The Kier molecular flexibility index (Phi) is 13.6. The maximum Gasteiger partial charge on any atom is 0.394 e. The summed E-state index contributed by atoms with van der Waals surface area (Å²) in [5.74, 6) is -4.05. The summed E-state index contributed by atoms with van der Waals surface area (Å²) in [6.45, 7) is 0.793. The Morgan fingerprint density at radius 1 is 1.03 bits per heavy atom. The van der Waals surface area contributed by atoms with Crippen molar-refractivity contribution in [3.05, 3.63) is 29.8 Å². The fourth-order valence-electron chi connectivity index (χ4n) is 2.69. The van der Waals surface area contributed by atoms with Crippen LogP contribution in [0.25, 0.3) is 0 Å². The van der Waals surface area contributed by atoms with Crippen LogP contribution in [0.2, 0.25) is 0 Å². The molecule has 35 heavy (non-hydrogen) atoms. The second kappa shape index (κ2) is 15.8. The Hall–Kier alpha value is -2.97. The molecule has 0 aliphatic carbocycles. The molecule has 4 amide bonds. The van der Waals surface area contributed by atoms with E-state index in [4.69, 9.17) is 5.11 Å². The van der Waals surface area contributed by atoms with E-state index in [1.54, 1.807) is 12.1 Å². The number of carbonyl (C=O) groups excluding carboxylic acids is 5. The molecule has 12 nitrogen and oxygen atoms in total. The summed E-state index contributed by atoms with van der Waals surface area (Å²) in [4.78, 5) is 69.2. The summed E-state index contributed by atoms with van der Waals surface area (Å²) >= 11 is 3.97. The number of benzene rings is 1. The molecule has 1 aromatic rings. The maximum atomic E-state index is 12.7. The van der Waals surface area contributed by atoms with Crippen molar-refractivity contribution >= 4 is 68.1 Å². The molecule has 0 saturated carbocycles. The third-order valence-electron chi connectivity index (χ3n) is 4.35. The number of amides is 4. The lowest BCUT2D eigenvalue weighted by Gasteiger charge is -2.22. The number of halogens is 1. The van der Waals surface area contributed by atoms with Crippen molar-refractivity contribution in [1.29, 1.82) is 0 Å². The number of aliphatic carboxylic acids is 1. The van der Waals surface area contributed by atoms with Gasteiger partial charge in [0.1, 0.15) is 6.04 Å². The number of aliphatic hydroxyl groups is 1. The van der Waals surface area contributed by atoms with Gasteiger partial charge in [0, 0.05) is 37.4 Å². The van der Waals surface area contributed by atoms with Gasteiger partial charge in [0.15, 0.2) is 5.12 Å². The number of carbonyl (C=O) groups is 6. The minimum absolute atomic E-state index is 0.0663. The normalized spacial score (nSPS) is 12.1. The first kappa shape index (κ1) is 30.1. The number of nitrogens with one attached hydrogen (secondary N) is 4. The highest BCUT2D eigenvalue weighted by Gasteiger charge is 2.23. The smallest absolute Gasteiger partial charge is 0.394 e. The number of carboxylic acid groups (broad SMARTS) is 1. The van der Waals surface area contributed by atoms with Crippen molar-refractivity contribution in [2.24, 2.45) is 0 Å². The summed E-state index contributed by atoms with van der Waals surface area (Å²) in [5.41, 5.74) is 0.995. The van der Waals surface area contributed by atoms with Crippen LogP contribution in [0.1, 0.15) is 18.9 Å². The molecule has 0 saturated heterocycles. The van der Waals surface area contributed by atoms with Crippen LogP contribution in [-0.2, 0) is 35.2 Å². The molecule has 0 spiro atoms. The molecule has 14 heteroatoms. The zero-order valence-electron chi connectivity index (χ0n) is 18.8. The van der Waals surface area contributed by atoms with Crippen molar-refractivity contribution in [3.8, 4) is 0 Å². The van der Waals surface area contributed by atoms with Gasteiger partial charge in [-0.3, -0.25) is 24.0 Å². The van der Waals surface area contributed by atoms with E-state index in [-0.39, 0.29) is 47.2 Å². The molecule has 192 valence electrons. The largest absolute Gasteiger partial charge is 0.474 e. The predicted octanol–water partition coefficient (Wildman–Crippen LogP) is -0.605. The minimum atomic E-state index is -1.62. The molecule has 1 aromatic carbocycles. The SMILES string of the molecule is CC(=O)SC[C@@H](Cc1ccc(NC(=O)C(=O)O)cc1)NC(=O)[C@H](CO)NC(=O)CCNC(=O)CBr. The lowest BCUT2D eigenvalue weighted by atomic mass is 10.1. The number of alkyl halides is 1. The third kappa shape index (κ3) is 12.3. The standard InChI is InChI=1S/C21H27BrN4O8S/c1-12(28)35-11-15(8-13-2-4-14(5-3-13)24-20(32)21(33)34)25-19(31)16(10-27)26-17(29)6-7-23-18(30)9-22/h2-5,15-16,27H,6-11H2,1H3,(H,23,30)(H,24,32)(H,25,31)(H,26,29)(H,33,34)/t15-,16+/m1/s1. The molecule has 1 rings (SSSR count). The van der Waals surface area contributed by atoms with Crippen LogP contribution in [0.4, 0.5) is 5.69 Å². The Labute approximate surface area is 214 Å². The van der Waals surface area contributed by atoms with Gasteiger partial charge < -0.3 is 31.5 Å². The van der Waals surface area contributed by atoms with Gasteiger partial charge in [-0.15, -0.1) is 0 Å². The highest BCUT2D eigenvalue weighted by atomic mass is 79.9. The van der Waals surface area contributed by atoms with E-state index in [0.717, 1.165) is 17.3 Å². The number of hydrogen-bond donors (Lipinski definition) is 6. The van der Waals surface area contributed by atoms with Crippen LogP contribution in [0.5, 0.6) is 0 Å². The molecule has 0 bridgehead atoms. The lowest BCUT2D eigenvalue weighted by molar-refractivity contribution is -0.147. The number of anilines is 1. The molecular weight excluding hydrogens is 548 g/mol. The summed E-state index contributed by atoms with van der Waals surface area (Å²) in [7, 11) is 0. The first-order valence-electron chi connectivity index (χ1n) is 10.4. The van der Waals surface area contributed by atoms with Gasteiger partial charge in [0.05, 0.1) is 11.9 Å². The zero-order valence-corrected chi connectivity index (χ0v) is 21.2. The fourth-order valence-corrected chi connectivity index (χ4v) is 3.52. The first-order chi connectivity index (χ1) is 16.5. The first-order valence-corrected chi connectivity index (χ1v) is 12.5. The highest BCUT2D eigenvalue weighted by Crippen LogP contribution is 2.14. The Bertz CT molecular complexity index is 928. The van der Waals surface area contributed by atoms with E-state index < -0.39 is 42.4 Å². The van der Waals surface area contributed by atoms with Crippen LogP contribution >= 0.6 is 27.7 Å². The van der Waals surface area contributed by atoms with Crippen molar-refractivity contribution < 1.29 is 39.0 Å². The average Bonchev–Trinajstić information content (AvgIpc) is 2.81. The van der Waals surface area contributed by atoms with Gasteiger partial charge >= 0.3 is 11.9 Å². The Balaban J connectivity index is 2.76. The fraction of sp³-hybridized carbons (Fsp3) is 0.429. The summed E-state index contributed by atoms with van der Waals surface area (Å²) in [5, 5.41) is 28.0. The Morgan fingerprint density at radius 3 is 2.23 bits per heavy atom. The minimum Gasteiger partial charge on any atom is -0.474 e. The van der Waals surface area contributed by atoms with E-state index in [2.05, 4.69) is 37.2 Å². The van der Waals surface area contributed by atoms with E-state index in [1.807, 2.05) is 0 Å². The van der Waals surface area contributed by atoms with Crippen molar-refractivity contribution in [1.82, 2.24) is 16.0 Å². The zero-order chi connectivity index (χ0) is 26.4. The summed E-state index contributed by atoms with van der Waals surface area (Å²) < 4.78 is 0. The molecule has 0 aromatic heterocycles. The molecule has 2 atom stereocenters. The van der Waals surface area contributed by atoms with Gasteiger partial charge in [-0.1, -0.05) is 39.8 Å². The van der Waals surface area contributed by atoms with Crippen LogP contribution in [-0.4, -0.2) is 81.2 Å². The molecule has 0 radical (unpaired) electrons. The molecule has 0 unspecified atom stereocenters. The predicted molar refractivity (Wildman–Crippen MR) is 132 cm³/mol. The van der Waals surface area contributed by atoms with Gasteiger partial charge in [-0.2, -0.15) is 0 Å². The van der Waals surface area contributed by atoms with Crippen LogP contribution in [0.3, 0.4) is 0 Å². The van der Waals surface area contributed by atoms with Crippen LogP contribution in [0.15, 0.2) is 24.3 Å². The number of hydrogen-bond acceptors (Lipinski definition) is 8. The summed E-state index contributed by atoms with van der Waals surface area (Å²) in [6, 6.07) is 4.48. The number of thioether (sulfide) groups is 1. The molecule has 0 fully saturated rings. The average molecular weight is 575 g/mol. The lowest BCUT2D eigenvalue weighted by Crippen LogP contribution is -2.52. The maximum absolute atomic E-state index is 12.7. The molecule has 0 heterocycles. The van der Waals surface area contributed by atoms with Gasteiger partial charge in [0.2, 0.25) is 17.7 Å². The van der Waals surface area contributed by atoms with Gasteiger partial charge in [0.25, 0.3) is 0 Å². The third-order valence-corrected chi connectivity index (χ3v) is 5.84. The molecule has 0 aliphatic rings. The summed E-state index contributed by atoms with van der Waals surface area (Å²) in [6.07, 6.45) is 0.195. The number of carboxylic acids is 1.